The number of aromatic nitrogens is 3. The van der Waals surface area contributed by atoms with Crippen LogP contribution in [-0.2, 0) is 0 Å². The van der Waals surface area contributed by atoms with E-state index >= 15 is 0 Å². The Morgan fingerprint density at radius 2 is 1.93 bits per heavy atom. The largest absolute Gasteiger partial charge is 0.352 e. The number of hydrogen-bond donors (Lipinski definition) is 2. The highest BCUT2D eigenvalue weighted by atomic mass is 15.2. The van der Waals surface area contributed by atoms with Crippen molar-refractivity contribution < 1.29 is 0 Å². The summed E-state index contributed by atoms with van der Waals surface area (Å²) in [4.78, 5) is 4.27. The van der Waals surface area contributed by atoms with Gasteiger partial charge in [0.15, 0.2) is 0 Å². The van der Waals surface area contributed by atoms with Gasteiger partial charge in [-0.05, 0) is 12.1 Å². The van der Waals surface area contributed by atoms with Gasteiger partial charge in [0.05, 0.1) is 5.52 Å². The van der Waals surface area contributed by atoms with Gasteiger partial charge in [-0.15, -0.1) is 10.2 Å². The van der Waals surface area contributed by atoms with Crippen molar-refractivity contribution in [2.24, 2.45) is 5.73 Å². The van der Waals surface area contributed by atoms with E-state index in [1.54, 1.807) is 0 Å². The summed E-state index contributed by atoms with van der Waals surface area (Å²) < 4.78 is 0. The van der Waals surface area contributed by atoms with Crippen LogP contribution in [0.15, 0.2) is 24.3 Å². The summed E-state index contributed by atoms with van der Waals surface area (Å²) >= 11 is 0. The third kappa shape index (κ3) is 1.77. The molecule has 2 rings (SSSR count). The molecule has 5 heteroatoms. The molecule has 0 aliphatic rings. The van der Waals surface area contributed by atoms with Crippen LogP contribution < -0.4 is 11.1 Å². The molecule has 14 heavy (non-hydrogen) atoms. The molecule has 2 aromatic rings. The van der Waals surface area contributed by atoms with E-state index in [2.05, 4.69) is 20.5 Å². The second-order valence-electron chi connectivity index (χ2n) is 2.84. The van der Waals surface area contributed by atoms with Gasteiger partial charge in [-0.1, -0.05) is 12.1 Å². The van der Waals surface area contributed by atoms with Crippen LogP contribution in [0.2, 0.25) is 0 Å². The summed E-state index contributed by atoms with van der Waals surface area (Å²) in [5, 5.41) is 10.9. The van der Waals surface area contributed by atoms with E-state index in [1.165, 1.54) is 0 Å². The predicted molar refractivity (Wildman–Crippen MR) is 54.9 cm³/mol. The average Bonchev–Trinajstić information content (AvgIpc) is 2.26. The Morgan fingerprint density at radius 1 is 1.14 bits per heavy atom. The maximum atomic E-state index is 5.35. The van der Waals surface area contributed by atoms with Crippen LogP contribution in [0.4, 0.5) is 5.95 Å². The first-order valence-corrected chi connectivity index (χ1v) is 4.43. The molecule has 0 spiro atoms. The van der Waals surface area contributed by atoms with E-state index in [4.69, 9.17) is 5.73 Å². The SMILES string of the molecule is NCCNc1nnc2ccccc2n1. The fourth-order valence-corrected chi connectivity index (χ4v) is 1.14. The number of hydrogen-bond acceptors (Lipinski definition) is 5. The fourth-order valence-electron chi connectivity index (χ4n) is 1.14. The maximum absolute atomic E-state index is 5.35. The molecule has 0 amide bonds. The summed E-state index contributed by atoms with van der Waals surface area (Å²) in [6.07, 6.45) is 0. The molecule has 0 unspecified atom stereocenters. The molecule has 0 fully saturated rings. The molecule has 0 aliphatic carbocycles. The number of anilines is 1. The van der Waals surface area contributed by atoms with Gasteiger partial charge in [0, 0.05) is 13.1 Å². The number of fused-ring (bicyclic) bond motifs is 1. The van der Waals surface area contributed by atoms with Crippen LogP contribution in [0.5, 0.6) is 0 Å². The molecular weight excluding hydrogens is 178 g/mol. The molecule has 1 aromatic carbocycles. The first-order valence-electron chi connectivity index (χ1n) is 4.43. The van der Waals surface area contributed by atoms with Gasteiger partial charge in [0.1, 0.15) is 5.52 Å². The van der Waals surface area contributed by atoms with Gasteiger partial charge < -0.3 is 11.1 Å². The standard InChI is InChI=1S/C9H11N5/c10-5-6-11-9-12-7-3-1-2-4-8(7)13-14-9/h1-4H,5-6,10H2,(H,11,12,14). The Bertz CT molecular complexity index is 428. The van der Waals surface area contributed by atoms with E-state index in [-0.39, 0.29) is 0 Å². The van der Waals surface area contributed by atoms with Crippen molar-refractivity contribution in [1.82, 2.24) is 15.2 Å². The van der Waals surface area contributed by atoms with Gasteiger partial charge in [0.25, 0.3) is 0 Å². The Morgan fingerprint density at radius 3 is 2.71 bits per heavy atom. The zero-order chi connectivity index (χ0) is 9.80. The minimum atomic E-state index is 0.522. The first kappa shape index (κ1) is 8.83. The van der Waals surface area contributed by atoms with Crippen molar-refractivity contribution in [3.8, 4) is 0 Å². The summed E-state index contributed by atoms with van der Waals surface area (Å²) in [7, 11) is 0. The second kappa shape index (κ2) is 3.97. The minimum Gasteiger partial charge on any atom is -0.352 e. The van der Waals surface area contributed by atoms with Crippen molar-refractivity contribution in [2.75, 3.05) is 18.4 Å². The third-order valence-electron chi connectivity index (χ3n) is 1.79. The first-order chi connectivity index (χ1) is 6.90. The predicted octanol–water partition coefficient (Wildman–Crippen LogP) is 0.395. The van der Waals surface area contributed by atoms with E-state index in [0.717, 1.165) is 11.0 Å². The second-order valence-corrected chi connectivity index (χ2v) is 2.84. The number of para-hydroxylation sites is 1. The average molecular weight is 189 g/mol. The highest BCUT2D eigenvalue weighted by Crippen LogP contribution is 2.08. The zero-order valence-electron chi connectivity index (χ0n) is 7.64. The number of nitrogens with two attached hydrogens (primary N) is 1. The Balaban J connectivity index is 2.32. The fraction of sp³-hybridized carbons (Fsp3) is 0.222. The molecule has 1 aromatic heterocycles. The number of benzene rings is 1. The van der Waals surface area contributed by atoms with Crippen LogP contribution in [-0.4, -0.2) is 28.3 Å². The van der Waals surface area contributed by atoms with Crippen molar-refractivity contribution in [3.05, 3.63) is 24.3 Å². The number of nitrogens with one attached hydrogen (secondary N) is 1. The molecule has 5 nitrogen and oxygen atoms in total. The lowest BCUT2D eigenvalue weighted by Crippen LogP contribution is -2.15. The zero-order valence-corrected chi connectivity index (χ0v) is 7.64. The molecule has 72 valence electrons. The van der Waals surface area contributed by atoms with Gasteiger partial charge in [0.2, 0.25) is 5.95 Å². The highest BCUT2D eigenvalue weighted by molar-refractivity contribution is 5.73. The molecule has 0 aliphatic heterocycles. The molecule has 1 heterocycles. The highest BCUT2D eigenvalue weighted by Gasteiger charge is 1.98. The van der Waals surface area contributed by atoms with Gasteiger partial charge in [-0.2, -0.15) is 0 Å². The van der Waals surface area contributed by atoms with E-state index in [0.29, 0.717) is 19.0 Å². The van der Waals surface area contributed by atoms with Gasteiger partial charge in [-0.3, -0.25) is 0 Å². The van der Waals surface area contributed by atoms with Crippen LogP contribution in [0.1, 0.15) is 0 Å². The molecular formula is C9H11N5. The lowest BCUT2D eigenvalue weighted by atomic mass is 10.3. The van der Waals surface area contributed by atoms with Crippen LogP contribution in [0.3, 0.4) is 0 Å². The van der Waals surface area contributed by atoms with E-state index < -0.39 is 0 Å². The van der Waals surface area contributed by atoms with E-state index in [1.807, 2.05) is 24.3 Å². The van der Waals surface area contributed by atoms with Gasteiger partial charge >= 0.3 is 0 Å². The Labute approximate surface area is 81.4 Å². The molecule has 0 saturated carbocycles. The van der Waals surface area contributed by atoms with Crippen LogP contribution in [0, 0.1) is 0 Å². The molecule has 0 saturated heterocycles. The maximum Gasteiger partial charge on any atom is 0.243 e. The topological polar surface area (TPSA) is 76.7 Å². The lowest BCUT2D eigenvalue weighted by molar-refractivity contribution is 0.956. The lowest BCUT2D eigenvalue weighted by Gasteiger charge is -2.01. The third-order valence-corrected chi connectivity index (χ3v) is 1.79. The summed E-state index contributed by atoms with van der Waals surface area (Å²) in [5.41, 5.74) is 6.98. The summed E-state index contributed by atoms with van der Waals surface area (Å²) in [6.45, 7) is 1.20. The van der Waals surface area contributed by atoms with E-state index in [9.17, 15) is 0 Å². The van der Waals surface area contributed by atoms with Crippen molar-refractivity contribution in [1.29, 1.82) is 0 Å². The van der Waals surface area contributed by atoms with Gasteiger partial charge in [-0.25, -0.2) is 4.98 Å². The quantitative estimate of drug-likeness (QED) is 0.730. The summed E-state index contributed by atoms with van der Waals surface area (Å²) in [6, 6.07) is 7.61. The summed E-state index contributed by atoms with van der Waals surface area (Å²) in [5.74, 6) is 0.522. The van der Waals surface area contributed by atoms with Crippen molar-refractivity contribution in [2.45, 2.75) is 0 Å². The van der Waals surface area contributed by atoms with Crippen LogP contribution >= 0.6 is 0 Å². The minimum absolute atomic E-state index is 0.522. The van der Waals surface area contributed by atoms with Crippen molar-refractivity contribution >= 4 is 17.0 Å². The van der Waals surface area contributed by atoms with Crippen LogP contribution in [0.25, 0.3) is 11.0 Å². The molecule has 3 N–H and O–H groups in total. The molecule has 0 bridgehead atoms. The number of rotatable bonds is 3. The Kier molecular flexibility index (Phi) is 2.51. The molecule has 0 atom stereocenters. The molecule has 0 radical (unpaired) electrons. The smallest absolute Gasteiger partial charge is 0.243 e. The normalized spacial score (nSPS) is 10.4. The Hall–Kier alpha value is -1.75. The van der Waals surface area contributed by atoms with Crippen molar-refractivity contribution in [3.63, 3.8) is 0 Å². The monoisotopic (exact) mass is 189 g/mol. The number of nitrogens with zero attached hydrogens (tertiary/aromatic N) is 3.